The van der Waals surface area contributed by atoms with Gasteiger partial charge in [0.1, 0.15) is 6.04 Å². The molecule has 2 aromatic heterocycles. The molecule has 0 aliphatic carbocycles. The van der Waals surface area contributed by atoms with Crippen LogP contribution in [0.15, 0.2) is 58.3 Å². The monoisotopic (exact) mass is 384 g/mol. The minimum Gasteiger partial charge on any atom is -0.349 e. The summed E-state index contributed by atoms with van der Waals surface area (Å²) in [5.74, 6) is 0.262. The number of hydrogen-bond donors (Lipinski definition) is 2. The van der Waals surface area contributed by atoms with E-state index in [0.717, 1.165) is 4.57 Å². The minimum absolute atomic E-state index is 0.232. The molecule has 0 saturated heterocycles. The molecule has 0 aliphatic heterocycles. The van der Waals surface area contributed by atoms with Crippen LogP contribution in [0.2, 0.25) is 0 Å². The number of H-pyrrole nitrogens is 1. The number of pyridine rings is 1. The first-order chi connectivity index (χ1) is 13.1. The fourth-order valence-electron chi connectivity index (χ4n) is 2.86. The van der Waals surface area contributed by atoms with Gasteiger partial charge in [-0.25, -0.2) is 9.36 Å². The number of nitrogens with one attached hydrogen (secondary N) is 2. The molecule has 140 valence electrons. The predicted octanol–water partition coefficient (Wildman–Crippen LogP) is 1.70. The number of nitrogens with zero attached hydrogens (tertiary/aromatic N) is 2. The van der Waals surface area contributed by atoms with E-state index in [-0.39, 0.29) is 12.5 Å². The van der Waals surface area contributed by atoms with Gasteiger partial charge in [0.15, 0.2) is 0 Å². The van der Waals surface area contributed by atoms with E-state index in [0.29, 0.717) is 28.8 Å². The molecule has 0 saturated carbocycles. The topological polar surface area (TPSA) is 96.8 Å². The zero-order valence-electron chi connectivity index (χ0n) is 14.8. The van der Waals surface area contributed by atoms with Crippen molar-refractivity contribution in [3.05, 3.63) is 75.2 Å². The van der Waals surface area contributed by atoms with Crippen LogP contribution in [-0.4, -0.2) is 32.5 Å². The van der Waals surface area contributed by atoms with Gasteiger partial charge in [-0.1, -0.05) is 18.2 Å². The van der Waals surface area contributed by atoms with Crippen LogP contribution in [0.3, 0.4) is 0 Å². The number of amides is 1. The van der Waals surface area contributed by atoms with E-state index in [4.69, 9.17) is 0 Å². The Bertz CT molecular complexity index is 1050. The summed E-state index contributed by atoms with van der Waals surface area (Å²) in [6.45, 7) is 0.232. The van der Waals surface area contributed by atoms with Crippen LogP contribution in [0.5, 0.6) is 0 Å². The van der Waals surface area contributed by atoms with E-state index < -0.39 is 17.3 Å². The summed E-state index contributed by atoms with van der Waals surface area (Å²) < 4.78 is 1.02. The number of carbonyl (C=O) groups excluding carboxylic acids is 1. The van der Waals surface area contributed by atoms with Gasteiger partial charge in [-0.05, 0) is 42.7 Å². The molecule has 0 aliphatic rings. The molecule has 1 amide bonds. The number of carbonyl (C=O) groups is 1. The molecule has 27 heavy (non-hydrogen) atoms. The number of aromatic nitrogens is 3. The molecule has 0 spiro atoms. The first kappa shape index (κ1) is 18.9. The highest BCUT2D eigenvalue weighted by Gasteiger charge is 2.24. The van der Waals surface area contributed by atoms with E-state index in [1.165, 1.54) is 0 Å². The third kappa shape index (κ3) is 4.28. The number of para-hydroxylation sites is 1. The smallest absolute Gasteiger partial charge is 0.329 e. The maximum atomic E-state index is 12.9. The number of hydrogen-bond acceptors (Lipinski definition) is 5. The number of thioether (sulfide) groups is 1. The molecular weight excluding hydrogens is 364 g/mol. The van der Waals surface area contributed by atoms with Gasteiger partial charge in [0.2, 0.25) is 5.91 Å². The predicted molar refractivity (Wildman–Crippen MR) is 107 cm³/mol. The lowest BCUT2D eigenvalue weighted by Crippen LogP contribution is -2.44. The van der Waals surface area contributed by atoms with Crippen molar-refractivity contribution in [1.82, 2.24) is 19.9 Å². The van der Waals surface area contributed by atoms with Crippen molar-refractivity contribution in [2.24, 2.45) is 0 Å². The van der Waals surface area contributed by atoms with E-state index in [9.17, 15) is 14.4 Å². The van der Waals surface area contributed by atoms with Gasteiger partial charge in [0.05, 0.1) is 23.1 Å². The maximum absolute atomic E-state index is 12.9. The quantitative estimate of drug-likeness (QED) is 0.646. The highest BCUT2D eigenvalue weighted by molar-refractivity contribution is 7.98. The molecule has 1 atom stereocenters. The zero-order chi connectivity index (χ0) is 19.2. The summed E-state index contributed by atoms with van der Waals surface area (Å²) in [7, 11) is 0. The van der Waals surface area contributed by atoms with Crippen molar-refractivity contribution in [1.29, 1.82) is 0 Å². The van der Waals surface area contributed by atoms with Crippen LogP contribution in [0.4, 0.5) is 0 Å². The Balaban J connectivity index is 1.95. The molecule has 0 fully saturated rings. The number of benzene rings is 1. The fraction of sp³-hybridized carbons (Fsp3) is 0.263. The Morgan fingerprint density at radius 2 is 2.00 bits per heavy atom. The third-order valence-electron chi connectivity index (χ3n) is 4.22. The Morgan fingerprint density at radius 1 is 1.22 bits per heavy atom. The molecular formula is C19H20N4O3S. The Hall–Kier alpha value is -2.87. The second kappa shape index (κ2) is 8.68. The summed E-state index contributed by atoms with van der Waals surface area (Å²) in [5.41, 5.74) is 0.113. The van der Waals surface area contributed by atoms with Crippen LogP contribution < -0.4 is 16.6 Å². The second-order valence-electron chi connectivity index (χ2n) is 5.99. The normalized spacial score (nSPS) is 12.0. The van der Waals surface area contributed by atoms with Gasteiger partial charge in [-0.2, -0.15) is 11.8 Å². The Kier molecular flexibility index (Phi) is 6.08. The molecule has 1 aromatic carbocycles. The number of rotatable bonds is 7. The van der Waals surface area contributed by atoms with Gasteiger partial charge >= 0.3 is 5.69 Å². The zero-order valence-corrected chi connectivity index (χ0v) is 15.7. The summed E-state index contributed by atoms with van der Waals surface area (Å²) in [4.78, 5) is 45.1. The van der Waals surface area contributed by atoms with E-state index in [1.807, 2.05) is 12.3 Å². The molecule has 7 nitrogen and oxygen atoms in total. The van der Waals surface area contributed by atoms with Gasteiger partial charge in [-0.15, -0.1) is 0 Å². The number of aromatic amines is 1. The minimum atomic E-state index is -0.887. The molecule has 2 N–H and O–H groups in total. The molecule has 3 aromatic rings. The highest BCUT2D eigenvalue weighted by atomic mass is 32.2. The first-order valence-electron chi connectivity index (χ1n) is 8.52. The SMILES string of the molecule is CSCC[C@@H](C(=O)NCc1ccccn1)n1c(=O)[nH]c2ccccc2c1=O. The molecule has 8 heteroatoms. The van der Waals surface area contributed by atoms with Crippen molar-refractivity contribution in [2.75, 3.05) is 12.0 Å². The van der Waals surface area contributed by atoms with Crippen LogP contribution in [-0.2, 0) is 11.3 Å². The van der Waals surface area contributed by atoms with Crippen LogP contribution in [0, 0.1) is 0 Å². The molecule has 0 unspecified atom stereocenters. The summed E-state index contributed by atoms with van der Waals surface area (Å²) in [6.07, 6.45) is 3.93. The third-order valence-corrected chi connectivity index (χ3v) is 4.86. The van der Waals surface area contributed by atoms with Crippen molar-refractivity contribution < 1.29 is 4.79 Å². The fourth-order valence-corrected chi connectivity index (χ4v) is 3.32. The summed E-state index contributed by atoms with van der Waals surface area (Å²) in [5, 5.41) is 3.16. The molecule has 0 bridgehead atoms. The molecule has 2 heterocycles. The van der Waals surface area contributed by atoms with E-state index in [1.54, 1.807) is 54.4 Å². The summed E-state index contributed by atoms with van der Waals surface area (Å²) >= 11 is 1.55. The van der Waals surface area contributed by atoms with Gasteiger partial charge in [-0.3, -0.25) is 14.6 Å². The molecule has 3 rings (SSSR count). The maximum Gasteiger partial charge on any atom is 0.329 e. The summed E-state index contributed by atoms with van der Waals surface area (Å²) in [6, 6.07) is 11.3. The Labute approximate surface area is 159 Å². The lowest BCUT2D eigenvalue weighted by Gasteiger charge is -2.18. The average molecular weight is 384 g/mol. The van der Waals surface area contributed by atoms with Crippen LogP contribution in [0.25, 0.3) is 10.9 Å². The lowest BCUT2D eigenvalue weighted by atomic mass is 10.2. The van der Waals surface area contributed by atoms with Gasteiger partial charge < -0.3 is 10.3 Å². The van der Waals surface area contributed by atoms with E-state index >= 15 is 0 Å². The largest absolute Gasteiger partial charge is 0.349 e. The van der Waals surface area contributed by atoms with Gasteiger partial charge in [0, 0.05) is 6.20 Å². The lowest BCUT2D eigenvalue weighted by molar-refractivity contribution is -0.124. The van der Waals surface area contributed by atoms with Crippen molar-refractivity contribution in [3.8, 4) is 0 Å². The highest BCUT2D eigenvalue weighted by Crippen LogP contribution is 2.13. The second-order valence-corrected chi connectivity index (χ2v) is 6.97. The van der Waals surface area contributed by atoms with Crippen LogP contribution in [0.1, 0.15) is 18.2 Å². The van der Waals surface area contributed by atoms with Crippen LogP contribution >= 0.6 is 11.8 Å². The van der Waals surface area contributed by atoms with Crippen molar-refractivity contribution in [3.63, 3.8) is 0 Å². The van der Waals surface area contributed by atoms with Crippen molar-refractivity contribution in [2.45, 2.75) is 19.0 Å². The van der Waals surface area contributed by atoms with E-state index in [2.05, 4.69) is 15.3 Å². The average Bonchev–Trinajstić information content (AvgIpc) is 2.69. The van der Waals surface area contributed by atoms with Gasteiger partial charge in [0.25, 0.3) is 5.56 Å². The molecule has 0 radical (unpaired) electrons. The van der Waals surface area contributed by atoms with Crippen molar-refractivity contribution >= 4 is 28.6 Å². The first-order valence-corrected chi connectivity index (χ1v) is 9.91. The number of fused-ring (bicyclic) bond motifs is 1. The Morgan fingerprint density at radius 3 is 2.74 bits per heavy atom. The standard InChI is InChI=1S/C19H20N4O3S/c1-27-11-9-16(17(24)21-12-13-6-4-5-10-20-13)23-18(25)14-7-2-3-8-15(14)22-19(23)26/h2-8,10,16H,9,11-12H2,1H3,(H,21,24)(H,22,26)/t16-/m0/s1.